The summed E-state index contributed by atoms with van der Waals surface area (Å²) in [6.45, 7) is 17.6. The molecule has 2 aromatic heterocycles. The molecule has 16 rings (SSSR count). The van der Waals surface area contributed by atoms with Gasteiger partial charge in [-0.3, -0.25) is 19.2 Å². The van der Waals surface area contributed by atoms with E-state index in [9.17, 15) is 19.2 Å². The Labute approximate surface area is 769 Å². The summed E-state index contributed by atoms with van der Waals surface area (Å²) >= 11 is 54.1. The molecule has 12 aromatic rings. The van der Waals surface area contributed by atoms with Crippen molar-refractivity contribution in [3.63, 3.8) is 0 Å². The predicted molar refractivity (Wildman–Crippen MR) is 516 cm³/mol. The molecule has 6 heterocycles. The molecule has 4 atom stereocenters. The van der Waals surface area contributed by atoms with Crippen molar-refractivity contribution >= 4 is 180 Å². The van der Waals surface area contributed by atoms with E-state index in [1.807, 2.05) is 289 Å². The van der Waals surface area contributed by atoms with Crippen LogP contribution in [0.2, 0.25) is 40.2 Å². The van der Waals surface area contributed by atoms with Crippen LogP contribution in [0.5, 0.6) is 5.75 Å². The van der Waals surface area contributed by atoms with Crippen molar-refractivity contribution in [2.45, 2.75) is 58.8 Å². The lowest BCUT2D eigenvalue weighted by Gasteiger charge is -2.43. The summed E-state index contributed by atoms with van der Waals surface area (Å²) in [5.41, 5.74) is 15.6. The van der Waals surface area contributed by atoms with E-state index in [0.717, 1.165) is 104 Å². The third kappa shape index (κ3) is 24.5. The molecular weight excluding hydrogens is 1740 g/mol. The van der Waals surface area contributed by atoms with Gasteiger partial charge in [0.15, 0.2) is 6.61 Å². The number of amides is 4. The van der Waals surface area contributed by atoms with E-state index >= 15 is 0 Å². The summed E-state index contributed by atoms with van der Waals surface area (Å²) in [6.07, 6.45) is 9.03. The lowest BCUT2D eigenvalue weighted by Crippen LogP contribution is -2.51. The number of benzene rings is 10. The van der Waals surface area contributed by atoms with Crippen LogP contribution in [-0.4, -0.2) is 128 Å². The number of anilines is 4. The molecule has 632 valence electrons. The summed E-state index contributed by atoms with van der Waals surface area (Å²) in [5.74, 6) is 0.766. The minimum atomic E-state index is -0.0353. The molecule has 0 N–H and O–H groups in total. The molecule has 123 heavy (non-hydrogen) atoms. The third-order valence-corrected chi connectivity index (χ3v) is 25.7. The highest BCUT2D eigenvalue weighted by Gasteiger charge is 2.37. The molecule has 23 heteroatoms. The van der Waals surface area contributed by atoms with E-state index in [4.69, 9.17) is 97.5 Å². The second-order valence-electron chi connectivity index (χ2n) is 30.6. The fraction of sp³-hybridized carbons (Fsp3) is 0.220. The second-order valence-corrected chi connectivity index (χ2v) is 35.7. The third-order valence-electron chi connectivity index (χ3n) is 22.0. The molecule has 4 unspecified atom stereocenters. The molecule has 4 amide bonds. The maximum Gasteiger partial charge on any atom is 0.260 e. The van der Waals surface area contributed by atoms with E-state index in [-0.39, 0.29) is 54.4 Å². The van der Waals surface area contributed by atoms with Gasteiger partial charge in [0.2, 0.25) is 17.7 Å². The van der Waals surface area contributed by atoms with Gasteiger partial charge in [-0.15, -0.1) is 11.3 Å². The molecule has 0 aliphatic carbocycles. The summed E-state index contributed by atoms with van der Waals surface area (Å²) in [5, 5.41) is 11.7. The lowest BCUT2D eigenvalue weighted by atomic mass is 10.00. The molecule has 10 aromatic carbocycles. The highest BCUT2D eigenvalue weighted by atomic mass is 35.5. The first-order chi connectivity index (χ1) is 59.4. The van der Waals surface area contributed by atoms with Crippen molar-refractivity contribution in [1.29, 1.82) is 0 Å². The van der Waals surface area contributed by atoms with Crippen LogP contribution in [0.4, 0.5) is 22.7 Å². The topological polar surface area (TPSA) is 103 Å². The first-order valence-electron chi connectivity index (χ1n) is 40.6. The van der Waals surface area contributed by atoms with Crippen LogP contribution in [-0.2, 0) is 19.2 Å². The second kappa shape index (κ2) is 43.6. The largest absolute Gasteiger partial charge is 0.484 e. The Hall–Kier alpha value is -9.98. The molecule has 4 saturated heterocycles. The number of aryl methyl sites for hydroxylation is 4. The van der Waals surface area contributed by atoms with Gasteiger partial charge >= 0.3 is 0 Å². The smallest absolute Gasteiger partial charge is 0.260 e. The number of thiophene rings is 2. The van der Waals surface area contributed by atoms with Gasteiger partial charge in [0.05, 0.1) is 67.0 Å². The number of hydrogen-bond donors (Lipinski definition) is 0. The SMILES string of the molecule is C/C(=C\c1ccccc1)C(=O)N1CCN(c2ccc(C)cc2Cl)C(c2ccc(Cl)cc2)C1.Cc1ccc(N2CCN(C(=O)/C=C/c3cccs3)CC2c2ccc(Cl)cc2)c(Cl)c1.Cc1ccc(N2CCN(C(=O)/C=C/c3ccsc3)CC2c2ccc(Cl)cc2)c(Cl)c1.Cc1ccc(N2CCN(C(=O)COc3ccccc3)CC2c2ccc(Cl)cc2)c(Cl)c1. The van der Waals surface area contributed by atoms with Crippen molar-refractivity contribution in [2.24, 2.45) is 0 Å². The first-order valence-corrected chi connectivity index (χ1v) is 45.4. The molecule has 0 radical (unpaired) electrons. The zero-order chi connectivity index (χ0) is 86.6. The van der Waals surface area contributed by atoms with Gasteiger partial charge in [0, 0.05) is 121 Å². The summed E-state index contributed by atoms with van der Waals surface area (Å²) in [4.78, 5) is 69.7. The van der Waals surface area contributed by atoms with Crippen molar-refractivity contribution in [3.8, 4) is 5.75 Å². The molecule has 4 aliphatic heterocycles. The van der Waals surface area contributed by atoms with E-state index in [1.54, 1.807) is 34.8 Å². The van der Waals surface area contributed by atoms with E-state index in [2.05, 4.69) is 68.1 Å². The van der Waals surface area contributed by atoms with Crippen LogP contribution in [0.1, 0.15) is 91.6 Å². The van der Waals surface area contributed by atoms with Crippen LogP contribution in [0.3, 0.4) is 0 Å². The predicted octanol–water partition coefficient (Wildman–Crippen LogP) is 25.5. The van der Waals surface area contributed by atoms with Crippen LogP contribution in [0.15, 0.2) is 283 Å². The van der Waals surface area contributed by atoms with Gasteiger partial charge in [-0.25, -0.2) is 0 Å². The van der Waals surface area contributed by atoms with Gasteiger partial charge in [-0.1, -0.05) is 220 Å². The number of hydrogen-bond acceptors (Lipinski definition) is 11. The Balaban J connectivity index is 0.000000141. The minimum absolute atomic E-state index is 0.00434. The number of piperazine rings is 4. The van der Waals surface area contributed by atoms with E-state index < -0.39 is 0 Å². The maximum absolute atomic E-state index is 13.3. The molecule has 4 aliphatic rings. The number of halogens is 8. The first kappa shape index (κ1) is 90.7. The van der Waals surface area contributed by atoms with Gasteiger partial charge in [-0.2, -0.15) is 11.3 Å². The fourth-order valence-electron chi connectivity index (χ4n) is 15.5. The fourth-order valence-corrected chi connectivity index (χ4v) is 18.6. The zero-order valence-corrected chi connectivity index (χ0v) is 76.4. The number of carbonyl (C=O) groups is 4. The standard InChI is InChI=1S/C27H26Cl2N2O.C25H24Cl2N2O2.2C24H22Cl2N2OS/c1-19-8-13-25(24(29)16-19)31-15-14-30(18-26(31)22-9-11-23(28)12-10-22)27(32)20(2)17-21-6-4-3-5-7-21;1-18-7-12-23(22(27)15-18)29-14-13-28(16-24(29)19-8-10-20(26)11-9-19)25(30)17-31-21-5-3-2-4-6-21;1-17-2-8-22(21(26)14-17)28-12-11-27(24(29)9-3-18-10-13-30-16-18)15-23(28)19-4-6-20(25)7-5-19;1-17-4-10-22(21(26)15-17)28-13-12-27(24(29)11-9-20-3-2-14-30-20)16-23(28)18-5-7-19(25)8-6-18/h3-13,16-17,26H,14-15,18H2,1-2H3;2-12,15,24H,13-14,16-17H2,1H3;2-10,13-14,16,23H,11-12,15H2,1H3;2-11,14-15,23H,12-13,16H2,1H3/b20-17+;;9-3+;11-9+. The number of carbonyl (C=O) groups excluding carboxylic acids is 4. The van der Waals surface area contributed by atoms with Crippen LogP contribution < -0.4 is 24.3 Å². The lowest BCUT2D eigenvalue weighted by molar-refractivity contribution is -0.134. The Morgan fingerprint density at radius 2 is 0.732 bits per heavy atom. The average Bonchev–Trinajstić information content (AvgIpc) is 1.36. The van der Waals surface area contributed by atoms with Crippen LogP contribution in [0, 0.1) is 27.7 Å². The molecular formula is C100H94Cl8N8O5S2. The average molecular weight is 1840 g/mol. The van der Waals surface area contributed by atoms with Gasteiger partial charge in [0.1, 0.15) is 5.75 Å². The Morgan fingerprint density at radius 1 is 0.374 bits per heavy atom. The molecule has 4 fully saturated rings. The van der Waals surface area contributed by atoms with Crippen molar-refractivity contribution in [2.75, 3.05) is 105 Å². The Morgan fingerprint density at radius 3 is 1.10 bits per heavy atom. The molecule has 0 saturated carbocycles. The van der Waals surface area contributed by atoms with E-state index in [0.29, 0.717) is 109 Å². The monoisotopic (exact) mass is 1830 g/mol. The Kier molecular flexibility index (Phi) is 32.1. The normalized spacial score (nSPS) is 16.8. The number of para-hydroxylation sites is 1. The van der Waals surface area contributed by atoms with Crippen molar-refractivity contribution in [3.05, 3.63) is 383 Å². The number of rotatable bonds is 17. The van der Waals surface area contributed by atoms with Gasteiger partial charge in [0.25, 0.3) is 5.91 Å². The summed E-state index contributed by atoms with van der Waals surface area (Å²) in [7, 11) is 0. The number of ether oxygens (including phenoxy) is 1. The van der Waals surface area contributed by atoms with E-state index in [1.165, 1.54) is 0 Å². The van der Waals surface area contributed by atoms with Gasteiger partial charge in [-0.05, 0) is 246 Å². The van der Waals surface area contributed by atoms with Gasteiger partial charge < -0.3 is 43.9 Å². The van der Waals surface area contributed by atoms with Crippen molar-refractivity contribution in [1.82, 2.24) is 19.6 Å². The quantitative estimate of drug-likeness (QED) is 0.0825. The highest BCUT2D eigenvalue weighted by Crippen LogP contribution is 2.42. The summed E-state index contributed by atoms with van der Waals surface area (Å²) in [6, 6.07) is 81.0. The molecule has 0 spiro atoms. The minimum Gasteiger partial charge on any atom is -0.484 e. The summed E-state index contributed by atoms with van der Waals surface area (Å²) < 4.78 is 5.68. The molecule has 13 nitrogen and oxygen atoms in total. The van der Waals surface area contributed by atoms with Crippen molar-refractivity contribution < 1.29 is 23.9 Å². The van der Waals surface area contributed by atoms with Crippen LogP contribution in [0.25, 0.3) is 18.2 Å². The van der Waals surface area contributed by atoms with Crippen LogP contribution >= 0.6 is 115 Å². The number of nitrogens with zero attached hydrogens (tertiary/aromatic N) is 8. The Bertz CT molecular complexity index is 5480. The maximum atomic E-state index is 13.3. The molecule has 0 bridgehead atoms. The highest BCUT2D eigenvalue weighted by molar-refractivity contribution is 7.10. The zero-order valence-electron chi connectivity index (χ0n) is 68.8.